The first-order valence-electron chi connectivity index (χ1n) is 7.30. The lowest BCUT2D eigenvalue weighted by Gasteiger charge is -2.10. The maximum absolute atomic E-state index is 11.9. The zero-order chi connectivity index (χ0) is 16.5. The third kappa shape index (κ3) is 6.03. The van der Waals surface area contributed by atoms with E-state index in [9.17, 15) is 4.79 Å². The number of hydrogen-bond acceptors (Lipinski definition) is 5. The minimum atomic E-state index is -0.194. The lowest BCUT2D eigenvalue weighted by Crippen LogP contribution is -2.37. The van der Waals surface area contributed by atoms with E-state index in [1.165, 1.54) is 4.88 Å². The summed E-state index contributed by atoms with van der Waals surface area (Å²) in [5, 5.41) is 9.99. The molecular formula is C15H20N6OS. The molecule has 8 heteroatoms. The molecule has 2 aromatic rings. The van der Waals surface area contributed by atoms with Crippen LogP contribution in [0.5, 0.6) is 0 Å². The first-order chi connectivity index (χ1) is 11.2. The van der Waals surface area contributed by atoms with Crippen molar-refractivity contribution in [3.05, 3.63) is 40.6 Å². The van der Waals surface area contributed by atoms with Crippen LogP contribution in [-0.4, -0.2) is 34.9 Å². The summed E-state index contributed by atoms with van der Waals surface area (Å²) in [6.45, 7) is 5.31. The largest absolute Gasteiger partial charge is 0.357 e. The lowest BCUT2D eigenvalue weighted by atomic mass is 10.4. The molecule has 0 atom stereocenters. The van der Waals surface area contributed by atoms with Crippen molar-refractivity contribution >= 4 is 28.9 Å². The van der Waals surface area contributed by atoms with Crippen molar-refractivity contribution < 1.29 is 4.79 Å². The second-order valence-electron chi connectivity index (χ2n) is 4.70. The lowest BCUT2D eigenvalue weighted by molar-refractivity contribution is -0.114. The zero-order valence-corrected chi connectivity index (χ0v) is 14.0. The molecule has 0 aromatic carbocycles. The molecule has 23 heavy (non-hydrogen) atoms. The second-order valence-corrected chi connectivity index (χ2v) is 6.02. The molecule has 0 unspecified atom stereocenters. The van der Waals surface area contributed by atoms with E-state index in [0.717, 1.165) is 5.01 Å². The van der Waals surface area contributed by atoms with Gasteiger partial charge in [0, 0.05) is 23.8 Å². The van der Waals surface area contributed by atoms with E-state index < -0.39 is 0 Å². The van der Waals surface area contributed by atoms with Gasteiger partial charge in [-0.15, -0.1) is 11.3 Å². The number of aliphatic imine (C=N–C) groups is 1. The van der Waals surface area contributed by atoms with Gasteiger partial charge in [0.15, 0.2) is 5.96 Å². The Labute approximate surface area is 139 Å². The van der Waals surface area contributed by atoms with Gasteiger partial charge in [0.1, 0.15) is 11.6 Å². The number of aryl methyl sites for hydroxylation is 1. The van der Waals surface area contributed by atoms with Gasteiger partial charge in [-0.25, -0.2) is 9.98 Å². The van der Waals surface area contributed by atoms with E-state index in [4.69, 9.17) is 0 Å². The highest BCUT2D eigenvalue weighted by molar-refractivity contribution is 7.11. The van der Waals surface area contributed by atoms with Crippen molar-refractivity contribution in [2.45, 2.75) is 20.4 Å². The van der Waals surface area contributed by atoms with Gasteiger partial charge in [-0.1, -0.05) is 0 Å². The van der Waals surface area contributed by atoms with Crippen molar-refractivity contribution in [1.82, 2.24) is 20.6 Å². The van der Waals surface area contributed by atoms with Crippen molar-refractivity contribution in [3.8, 4) is 0 Å². The van der Waals surface area contributed by atoms with E-state index in [0.29, 0.717) is 24.7 Å². The summed E-state index contributed by atoms with van der Waals surface area (Å²) in [4.78, 5) is 25.6. The van der Waals surface area contributed by atoms with Crippen molar-refractivity contribution in [1.29, 1.82) is 0 Å². The average molecular weight is 332 g/mol. The summed E-state index contributed by atoms with van der Waals surface area (Å²) < 4.78 is 0. The molecule has 3 N–H and O–H groups in total. The van der Waals surface area contributed by atoms with E-state index in [1.54, 1.807) is 35.9 Å². The normalized spacial score (nSPS) is 11.1. The van der Waals surface area contributed by atoms with Gasteiger partial charge in [0.05, 0.1) is 18.4 Å². The predicted octanol–water partition coefficient (Wildman–Crippen LogP) is 1.54. The van der Waals surface area contributed by atoms with Crippen LogP contribution in [0.3, 0.4) is 0 Å². The molecule has 0 saturated heterocycles. The maximum atomic E-state index is 11.9. The molecule has 0 fully saturated rings. The van der Waals surface area contributed by atoms with Crippen LogP contribution in [0.15, 0.2) is 35.7 Å². The summed E-state index contributed by atoms with van der Waals surface area (Å²) in [7, 11) is 0. The first-order valence-corrected chi connectivity index (χ1v) is 8.12. The van der Waals surface area contributed by atoms with Crippen LogP contribution < -0.4 is 16.0 Å². The number of guanidine groups is 1. The Morgan fingerprint density at radius 3 is 2.87 bits per heavy atom. The predicted molar refractivity (Wildman–Crippen MR) is 92.5 cm³/mol. The van der Waals surface area contributed by atoms with E-state index in [2.05, 4.69) is 30.9 Å². The van der Waals surface area contributed by atoms with E-state index in [-0.39, 0.29) is 12.5 Å². The van der Waals surface area contributed by atoms with Crippen LogP contribution in [0.25, 0.3) is 0 Å². The monoisotopic (exact) mass is 332 g/mol. The SMILES string of the molecule is CCNC(=NCC(=O)Nc1cccnc1)NCc1ncc(C)s1. The Morgan fingerprint density at radius 1 is 1.35 bits per heavy atom. The molecule has 0 bridgehead atoms. The molecule has 0 saturated carbocycles. The van der Waals surface area contributed by atoms with Crippen molar-refractivity contribution in [3.63, 3.8) is 0 Å². The minimum absolute atomic E-state index is 0.0289. The second kappa shape index (κ2) is 8.84. The summed E-state index contributed by atoms with van der Waals surface area (Å²) in [5.41, 5.74) is 0.656. The number of amides is 1. The fraction of sp³-hybridized carbons (Fsp3) is 0.333. The third-order valence-corrected chi connectivity index (χ3v) is 3.66. The van der Waals surface area contributed by atoms with Crippen LogP contribution in [0.1, 0.15) is 16.8 Å². The Balaban J connectivity index is 1.86. The quantitative estimate of drug-likeness (QED) is 0.551. The van der Waals surface area contributed by atoms with Crippen LogP contribution in [0, 0.1) is 6.92 Å². The number of aromatic nitrogens is 2. The maximum Gasteiger partial charge on any atom is 0.246 e. The molecule has 0 aliphatic carbocycles. The molecule has 0 radical (unpaired) electrons. The number of pyridine rings is 1. The van der Waals surface area contributed by atoms with Crippen molar-refractivity contribution in [2.75, 3.05) is 18.4 Å². The number of carbonyl (C=O) groups is 1. The fourth-order valence-corrected chi connectivity index (χ4v) is 2.50. The number of rotatable bonds is 6. The summed E-state index contributed by atoms with van der Waals surface area (Å²) >= 11 is 1.63. The Kier molecular flexibility index (Phi) is 6.49. The molecule has 1 amide bonds. The molecular weight excluding hydrogens is 312 g/mol. The molecule has 0 spiro atoms. The minimum Gasteiger partial charge on any atom is -0.357 e. The highest BCUT2D eigenvalue weighted by Crippen LogP contribution is 2.10. The van der Waals surface area contributed by atoms with Gasteiger partial charge in [-0.2, -0.15) is 0 Å². The third-order valence-electron chi connectivity index (χ3n) is 2.75. The van der Waals surface area contributed by atoms with E-state index >= 15 is 0 Å². The van der Waals surface area contributed by atoms with Crippen LogP contribution in [0.2, 0.25) is 0 Å². The number of anilines is 1. The zero-order valence-electron chi connectivity index (χ0n) is 13.2. The smallest absolute Gasteiger partial charge is 0.246 e. The number of carbonyl (C=O) groups excluding carboxylic acids is 1. The highest BCUT2D eigenvalue weighted by Gasteiger charge is 2.04. The first kappa shape index (κ1) is 16.9. The number of nitrogens with zero attached hydrogens (tertiary/aromatic N) is 3. The molecule has 2 heterocycles. The molecule has 2 aromatic heterocycles. The standard InChI is InChI=1S/C15H20N6OS/c1-3-17-15(20-10-14-18-7-11(2)23-14)19-9-13(22)21-12-5-4-6-16-8-12/h4-8H,3,9-10H2,1-2H3,(H,21,22)(H2,17,19,20). The summed E-state index contributed by atoms with van der Waals surface area (Å²) in [6.07, 6.45) is 5.09. The van der Waals surface area contributed by atoms with Gasteiger partial charge in [0.2, 0.25) is 5.91 Å². The Bertz CT molecular complexity index is 655. The topological polar surface area (TPSA) is 91.3 Å². The van der Waals surface area contributed by atoms with Crippen LogP contribution in [-0.2, 0) is 11.3 Å². The fourth-order valence-electron chi connectivity index (χ4n) is 1.77. The molecule has 122 valence electrons. The highest BCUT2D eigenvalue weighted by atomic mass is 32.1. The average Bonchev–Trinajstić information content (AvgIpc) is 2.96. The Morgan fingerprint density at radius 2 is 2.22 bits per heavy atom. The molecule has 0 aliphatic heterocycles. The van der Waals surface area contributed by atoms with Crippen LogP contribution in [0.4, 0.5) is 5.69 Å². The van der Waals surface area contributed by atoms with Gasteiger partial charge in [-0.05, 0) is 26.0 Å². The van der Waals surface area contributed by atoms with Crippen molar-refractivity contribution in [2.24, 2.45) is 4.99 Å². The van der Waals surface area contributed by atoms with Gasteiger partial charge in [-0.3, -0.25) is 9.78 Å². The number of nitrogens with one attached hydrogen (secondary N) is 3. The van der Waals surface area contributed by atoms with Gasteiger partial charge in [0.25, 0.3) is 0 Å². The summed E-state index contributed by atoms with van der Waals surface area (Å²) in [5.74, 6) is 0.391. The number of hydrogen-bond donors (Lipinski definition) is 3. The van der Waals surface area contributed by atoms with Gasteiger partial charge < -0.3 is 16.0 Å². The van der Waals surface area contributed by atoms with E-state index in [1.807, 2.05) is 20.0 Å². The summed E-state index contributed by atoms with van der Waals surface area (Å²) in [6, 6.07) is 3.55. The van der Waals surface area contributed by atoms with Gasteiger partial charge >= 0.3 is 0 Å². The Hall–Kier alpha value is -2.48. The van der Waals surface area contributed by atoms with Crippen LogP contribution >= 0.6 is 11.3 Å². The molecule has 2 rings (SSSR count). The number of thiazole rings is 1. The molecule has 7 nitrogen and oxygen atoms in total. The molecule has 0 aliphatic rings.